The van der Waals surface area contributed by atoms with E-state index in [1.165, 1.54) is 4.88 Å². The molecule has 6 nitrogen and oxygen atoms in total. The number of carbonyl (C=O) groups excluding carboxylic acids is 2. The van der Waals surface area contributed by atoms with Crippen LogP contribution in [0.25, 0.3) is 0 Å². The molecule has 0 spiro atoms. The normalized spacial score (nSPS) is 14.9. The van der Waals surface area contributed by atoms with Gasteiger partial charge in [0.2, 0.25) is 5.91 Å². The van der Waals surface area contributed by atoms with Crippen molar-refractivity contribution in [2.24, 2.45) is 0 Å². The second-order valence-corrected chi connectivity index (χ2v) is 10.0. The molecule has 0 aliphatic carbocycles. The zero-order chi connectivity index (χ0) is 25.5. The fourth-order valence-corrected chi connectivity index (χ4v) is 5.54. The average molecular weight is 527 g/mol. The highest BCUT2D eigenvalue weighted by Gasteiger charge is 2.34. The van der Waals surface area contributed by atoms with Crippen molar-refractivity contribution in [2.45, 2.75) is 25.8 Å². The van der Waals surface area contributed by atoms with Gasteiger partial charge in [-0.3, -0.25) is 9.59 Å². The average Bonchev–Trinajstić information content (AvgIpc) is 3.39. The summed E-state index contributed by atoms with van der Waals surface area (Å²) in [5.41, 5.74) is 2.68. The van der Waals surface area contributed by atoms with Crippen molar-refractivity contribution in [3.05, 3.63) is 86.6 Å². The maximum absolute atomic E-state index is 13.8. The third-order valence-corrected chi connectivity index (χ3v) is 7.59. The van der Waals surface area contributed by atoms with Crippen LogP contribution in [0.4, 0.5) is 0 Å². The Labute approximate surface area is 221 Å². The van der Waals surface area contributed by atoms with E-state index >= 15 is 0 Å². The quantitative estimate of drug-likeness (QED) is 0.329. The Bertz CT molecular complexity index is 1160. The minimum atomic E-state index is -0.203. The van der Waals surface area contributed by atoms with Crippen molar-refractivity contribution in [3.63, 3.8) is 0 Å². The zero-order valence-electron chi connectivity index (χ0n) is 20.6. The summed E-state index contributed by atoms with van der Waals surface area (Å²) in [6.07, 6.45) is 1.46. The number of rotatable bonds is 10. The molecule has 0 N–H and O–H groups in total. The molecule has 2 amide bonds. The number of amides is 2. The first-order chi connectivity index (χ1) is 17.5. The van der Waals surface area contributed by atoms with Gasteiger partial charge >= 0.3 is 0 Å². The summed E-state index contributed by atoms with van der Waals surface area (Å²) >= 11 is 7.86. The van der Waals surface area contributed by atoms with Crippen LogP contribution in [0.1, 0.15) is 45.7 Å². The van der Waals surface area contributed by atoms with E-state index in [4.69, 9.17) is 21.1 Å². The molecular formula is C28H31ClN2O4S. The first kappa shape index (κ1) is 26.2. The fourth-order valence-electron chi connectivity index (χ4n) is 4.51. The molecule has 2 aromatic carbocycles. The molecule has 1 aromatic heterocycles. The van der Waals surface area contributed by atoms with E-state index in [2.05, 4.69) is 11.4 Å². The van der Waals surface area contributed by atoms with Gasteiger partial charge in [0, 0.05) is 41.8 Å². The molecule has 1 aliphatic heterocycles. The number of methoxy groups -OCH3 is 1. The topological polar surface area (TPSA) is 59.1 Å². The summed E-state index contributed by atoms with van der Waals surface area (Å²) in [6.45, 7) is 4.12. The van der Waals surface area contributed by atoms with Crippen LogP contribution >= 0.6 is 22.9 Å². The first-order valence-corrected chi connectivity index (χ1v) is 13.4. The van der Waals surface area contributed by atoms with Gasteiger partial charge in [-0.1, -0.05) is 23.7 Å². The smallest absolute Gasteiger partial charge is 0.254 e. The summed E-state index contributed by atoms with van der Waals surface area (Å²) in [5.74, 6) is 0.417. The lowest BCUT2D eigenvalue weighted by Crippen LogP contribution is -2.47. The molecule has 3 aromatic rings. The van der Waals surface area contributed by atoms with E-state index < -0.39 is 0 Å². The number of carbonyl (C=O) groups is 2. The maximum Gasteiger partial charge on any atom is 0.254 e. The maximum atomic E-state index is 13.8. The number of hydrogen-bond acceptors (Lipinski definition) is 5. The van der Waals surface area contributed by atoms with Crippen LogP contribution in [0, 0.1) is 0 Å². The van der Waals surface area contributed by atoms with Crippen LogP contribution in [-0.2, 0) is 16.0 Å². The fraction of sp³-hybridized carbons (Fsp3) is 0.357. The van der Waals surface area contributed by atoms with Gasteiger partial charge in [0.15, 0.2) is 0 Å². The lowest BCUT2D eigenvalue weighted by Gasteiger charge is -2.37. The Balaban J connectivity index is 1.57. The number of thiophene rings is 1. The van der Waals surface area contributed by atoms with Gasteiger partial charge in [-0.2, -0.15) is 0 Å². The molecule has 0 saturated carbocycles. The third-order valence-electron chi connectivity index (χ3n) is 6.34. The Kier molecular flexibility index (Phi) is 9.02. The van der Waals surface area contributed by atoms with E-state index in [9.17, 15) is 9.59 Å². The highest BCUT2D eigenvalue weighted by molar-refractivity contribution is 7.10. The van der Waals surface area contributed by atoms with Gasteiger partial charge in [-0.15, -0.1) is 11.3 Å². The van der Waals surface area contributed by atoms with Crippen LogP contribution < -0.4 is 4.74 Å². The molecule has 4 rings (SSSR count). The van der Waals surface area contributed by atoms with Crippen molar-refractivity contribution >= 4 is 34.8 Å². The zero-order valence-corrected chi connectivity index (χ0v) is 22.2. The molecule has 1 atom stereocenters. The molecule has 36 heavy (non-hydrogen) atoms. The molecule has 190 valence electrons. The van der Waals surface area contributed by atoms with Gasteiger partial charge < -0.3 is 19.3 Å². The summed E-state index contributed by atoms with van der Waals surface area (Å²) < 4.78 is 10.7. The van der Waals surface area contributed by atoms with Crippen molar-refractivity contribution in [1.82, 2.24) is 9.80 Å². The number of halogens is 1. The van der Waals surface area contributed by atoms with E-state index in [0.29, 0.717) is 49.1 Å². The Morgan fingerprint density at radius 2 is 1.86 bits per heavy atom. The monoisotopic (exact) mass is 526 g/mol. The minimum Gasteiger partial charge on any atom is -0.497 e. The molecule has 1 unspecified atom stereocenters. The predicted octanol–water partition coefficient (Wildman–Crippen LogP) is 5.45. The standard InChI is InChI=1S/C28H31ClN2O4S/c1-3-35-17-4-15-30(28(33)21-7-11-23(34-2)12-8-21)19-26(32)31-16-13-25-24(14-18-36-25)27(31)20-5-9-22(29)10-6-20/h5-12,14,18,27H,3-4,13,15-17,19H2,1-2H3. The van der Waals surface area contributed by atoms with Crippen LogP contribution in [-0.4, -0.2) is 61.6 Å². The summed E-state index contributed by atoms with van der Waals surface area (Å²) in [4.78, 5) is 32.0. The molecule has 2 heterocycles. The Morgan fingerprint density at radius 1 is 1.11 bits per heavy atom. The molecule has 0 radical (unpaired) electrons. The largest absolute Gasteiger partial charge is 0.497 e. The van der Waals surface area contributed by atoms with Crippen molar-refractivity contribution in [2.75, 3.05) is 40.0 Å². The number of hydrogen-bond donors (Lipinski definition) is 0. The minimum absolute atomic E-state index is 0.000543. The highest BCUT2D eigenvalue weighted by atomic mass is 35.5. The number of fused-ring (bicyclic) bond motifs is 1. The number of ether oxygens (including phenoxy) is 2. The predicted molar refractivity (Wildman–Crippen MR) is 143 cm³/mol. The third kappa shape index (κ3) is 6.09. The van der Waals surface area contributed by atoms with E-state index in [1.54, 1.807) is 47.6 Å². The van der Waals surface area contributed by atoms with Crippen LogP contribution in [0.3, 0.4) is 0 Å². The van der Waals surface area contributed by atoms with Gasteiger partial charge in [0.1, 0.15) is 12.3 Å². The van der Waals surface area contributed by atoms with Gasteiger partial charge in [0.05, 0.1) is 13.2 Å². The molecular weight excluding hydrogens is 496 g/mol. The van der Waals surface area contributed by atoms with Crippen molar-refractivity contribution in [1.29, 1.82) is 0 Å². The molecule has 8 heteroatoms. The lowest BCUT2D eigenvalue weighted by molar-refractivity contribution is -0.134. The summed E-state index contributed by atoms with van der Waals surface area (Å²) in [5, 5.41) is 2.73. The highest BCUT2D eigenvalue weighted by Crippen LogP contribution is 2.38. The van der Waals surface area contributed by atoms with Crippen molar-refractivity contribution < 1.29 is 19.1 Å². The molecule has 1 aliphatic rings. The van der Waals surface area contributed by atoms with Crippen LogP contribution in [0.15, 0.2) is 60.0 Å². The van der Waals surface area contributed by atoms with Crippen molar-refractivity contribution in [3.8, 4) is 5.75 Å². The number of benzene rings is 2. The molecule has 0 fully saturated rings. The first-order valence-electron chi connectivity index (χ1n) is 12.1. The Morgan fingerprint density at radius 3 is 2.56 bits per heavy atom. The van der Waals surface area contributed by atoms with E-state index in [-0.39, 0.29) is 24.4 Å². The van der Waals surface area contributed by atoms with Crippen LogP contribution in [0.2, 0.25) is 5.02 Å². The second-order valence-electron chi connectivity index (χ2n) is 8.60. The molecule has 0 bridgehead atoms. The van der Waals surface area contributed by atoms with Crippen LogP contribution in [0.5, 0.6) is 5.75 Å². The van der Waals surface area contributed by atoms with E-state index in [0.717, 1.165) is 17.5 Å². The lowest BCUT2D eigenvalue weighted by atomic mass is 9.93. The summed E-state index contributed by atoms with van der Waals surface area (Å²) in [7, 11) is 1.59. The summed E-state index contributed by atoms with van der Waals surface area (Å²) in [6, 6.07) is 16.5. The molecule has 0 saturated heterocycles. The van der Waals surface area contributed by atoms with Gasteiger partial charge in [0.25, 0.3) is 5.91 Å². The van der Waals surface area contributed by atoms with E-state index in [1.807, 2.05) is 36.1 Å². The van der Waals surface area contributed by atoms with Gasteiger partial charge in [-0.05, 0) is 78.7 Å². The SMILES string of the molecule is CCOCCCN(CC(=O)N1CCc2sccc2C1c1ccc(Cl)cc1)C(=O)c1ccc(OC)cc1. The van der Waals surface area contributed by atoms with Gasteiger partial charge in [-0.25, -0.2) is 0 Å². The number of nitrogens with zero attached hydrogens (tertiary/aromatic N) is 2. The second kappa shape index (κ2) is 12.4. The Hall–Kier alpha value is -2.87.